The van der Waals surface area contributed by atoms with Crippen LogP contribution < -0.4 is 20.3 Å². The number of hydrogen-bond donors (Lipinski definition) is 2. The summed E-state index contributed by atoms with van der Waals surface area (Å²) in [6, 6.07) is 12.6. The zero-order valence-corrected chi connectivity index (χ0v) is 18.0. The van der Waals surface area contributed by atoms with E-state index < -0.39 is 17.9 Å². The Morgan fingerprint density at radius 2 is 1.91 bits per heavy atom. The Morgan fingerprint density at radius 1 is 1.09 bits per heavy atom. The van der Waals surface area contributed by atoms with Crippen LogP contribution in [-0.2, 0) is 4.79 Å². The first-order chi connectivity index (χ1) is 15.5. The minimum atomic E-state index is -0.898. The van der Waals surface area contributed by atoms with Gasteiger partial charge in [0.2, 0.25) is 6.10 Å². The van der Waals surface area contributed by atoms with Gasteiger partial charge < -0.3 is 14.0 Å². The first-order valence-corrected chi connectivity index (χ1v) is 10.6. The third kappa shape index (κ3) is 3.65. The molecule has 9 nitrogen and oxygen atoms in total. The SMILES string of the molecule is Cc1ccc(-c2cc(C(=O)NNC(=O)C3COc4ccccc4O3)c3c(C)noc3n2)s1. The number of nitrogens with zero attached hydrogens (tertiary/aromatic N) is 2. The lowest BCUT2D eigenvalue weighted by Gasteiger charge is -2.25. The molecule has 3 aromatic heterocycles. The van der Waals surface area contributed by atoms with Crippen LogP contribution in [0, 0.1) is 13.8 Å². The molecule has 0 fully saturated rings. The third-order valence-electron chi connectivity index (χ3n) is 4.95. The van der Waals surface area contributed by atoms with E-state index in [1.165, 1.54) is 0 Å². The summed E-state index contributed by atoms with van der Waals surface area (Å²) in [6.45, 7) is 3.75. The van der Waals surface area contributed by atoms with Crippen molar-refractivity contribution in [2.75, 3.05) is 6.61 Å². The Kier molecular flexibility index (Phi) is 4.98. The van der Waals surface area contributed by atoms with Crippen LogP contribution in [0.25, 0.3) is 21.7 Å². The lowest BCUT2D eigenvalue weighted by Crippen LogP contribution is -2.50. The number of hydrazine groups is 1. The maximum absolute atomic E-state index is 13.0. The van der Waals surface area contributed by atoms with Crippen molar-refractivity contribution in [2.24, 2.45) is 0 Å². The predicted molar refractivity (Wildman–Crippen MR) is 117 cm³/mol. The van der Waals surface area contributed by atoms with E-state index >= 15 is 0 Å². The highest BCUT2D eigenvalue weighted by molar-refractivity contribution is 7.15. The Bertz CT molecular complexity index is 1350. The van der Waals surface area contributed by atoms with Crippen molar-refractivity contribution in [2.45, 2.75) is 20.0 Å². The van der Waals surface area contributed by atoms with Crippen LogP contribution in [0.2, 0.25) is 0 Å². The molecule has 1 aromatic carbocycles. The standard InChI is InChI=1S/C22H18N4O5S/c1-11-7-8-18(32-11)14-9-13(19-12(2)26-31-22(19)23-14)20(27)24-25-21(28)17-10-29-15-5-3-4-6-16(15)30-17/h3-9,17H,10H2,1-2H3,(H,24,27)(H,25,28). The number of ether oxygens (including phenoxy) is 2. The van der Waals surface area contributed by atoms with Crippen LogP contribution >= 0.6 is 11.3 Å². The average molecular weight is 450 g/mol. The molecule has 10 heteroatoms. The normalized spacial score (nSPS) is 14.9. The minimum Gasteiger partial charge on any atom is -0.485 e. The third-order valence-corrected chi connectivity index (χ3v) is 5.98. The van der Waals surface area contributed by atoms with Gasteiger partial charge in [-0.25, -0.2) is 4.98 Å². The molecule has 1 unspecified atom stereocenters. The van der Waals surface area contributed by atoms with Crippen molar-refractivity contribution in [3.8, 4) is 22.1 Å². The van der Waals surface area contributed by atoms with E-state index in [4.69, 9.17) is 14.0 Å². The van der Waals surface area contributed by atoms with Crippen molar-refractivity contribution in [1.82, 2.24) is 21.0 Å². The van der Waals surface area contributed by atoms with Gasteiger partial charge in [-0.3, -0.25) is 20.4 Å². The number of pyridine rings is 1. The Balaban J connectivity index is 1.36. The van der Waals surface area contributed by atoms with E-state index in [0.717, 1.165) is 9.75 Å². The summed E-state index contributed by atoms with van der Waals surface area (Å²) in [5.41, 5.74) is 6.51. The van der Waals surface area contributed by atoms with Gasteiger partial charge in [-0.2, -0.15) is 0 Å². The number of rotatable bonds is 3. The lowest BCUT2D eigenvalue weighted by atomic mass is 10.1. The summed E-state index contributed by atoms with van der Waals surface area (Å²) in [5.74, 6) is -0.0194. The van der Waals surface area contributed by atoms with E-state index in [1.54, 1.807) is 42.5 Å². The molecule has 1 aliphatic heterocycles. The van der Waals surface area contributed by atoms with Gasteiger partial charge in [-0.05, 0) is 44.2 Å². The van der Waals surface area contributed by atoms with Gasteiger partial charge in [0.25, 0.3) is 17.5 Å². The molecule has 1 atom stereocenters. The molecular weight excluding hydrogens is 432 g/mol. The monoisotopic (exact) mass is 450 g/mol. The van der Waals surface area contributed by atoms with Gasteiger partial charge in [0.15, 0.2) is 11.5 Å². The van der Waals surface area contributed by atoms with Gasteiger partial charge >= 0.3 is 0 Å². The van der Waals surface area contributed by atoms with Gasteiger partial charge in [-0.15, -0.1) is 11.3 Å². The Labute approximate surface area is 186 Å². The number of carbonyl (C=O) groups is 2. The average Bonchev–Trinajstić information content (AvgIpc) is 3.42. The number of aryl methyl sites for hydroxylation is 2. The molecule has 0 saturated heterocycles. The second-order valence-corrected chi connectivity index (χ2v) is 8.51. The molecule has 2 N–H and O–H groups in total. The molecule has 5 rings (SSSR count). The number of hydrogen-bond acceptors (Lipinski definition) is 8. The van der Waals surface area contributed by atoms with Gasteiger partial charge in [-0.1, -0.05) is 17.3 Å². The summed E-state index contributed by atoms with van der Waals surface area (Å²) >= 11 is 1.55. The first-order valence-electron chi connectivity index (χ1n) is 9.82. The second-order valence-electron chi connectivity index (χ2n) is 7.22. The predicted octanol–water partition coefficient (Wildman–Crippen LogP) is 3.17. The van der Waals surface area contributed by atoms with Gasteiger partial charge in [0.05, 0.1) is 27.2 Å². The number of para-hydroxylation sites is 2. The largest absolute Gasteiger partial charge is 0.485 e. The summed E-state index contributed by atoms with van der Waals surface area (Å²) < 4.78 is 16.5. The second kappa shape index (κ2) is 7.97. The fraction of sp³-hybridized carbons (Fsp3) is 0.182. The minimum absolute atomic E-state index is 0.0326. The van der Waals surface area contributed by atoms with Crippen molar-refractivity contribution in [3.05, 3.63) is 58.6 Å². The van der Waals surface area contributed by atoms with E-state index in [2.05, 4.69) is 21.0 Å². The molecular formula is C22H18N4O5S. The fourth-order valence-corrected chi connectivity index (χ4v) is 4.22. The zero-order valence-electron chi connectivity index (χ0n) is 17.2. The molecule has 0 radical (unpaired) electrons. The molecule has 162 valence electrons. The number of amides is 2. The molecule has 0 saturated carbocycles. The molecule has 2 amide bonds. The molecule has 4 aromatic rings. The molecule has 0 aliphatic carbocycles. The topological polar surface area (TPSA) is 116 Å². The van der Waals surface area contributed by atoms with Crippen LogP contribution in [-0.4, -0.2) is 34.7 Å². The molecule has 0 spiro atoms. The molecule has 0 bridgehead atoms. The number of thiophene rings is 1. The van der Waals surface area contributed by atoms with E-state index in [1.807, 2.05) is 25.1 Å². The maximum atomic E-state index is 13.0. The zero-order chi connectivity index (χ0) is 22.2. The van der Waals surface area contributed by atoms with Crippen molar-refractivity contribution in [3.63, 3.8) is 0 Å². The van der Waals surface area contributed by atoms with E-state index in [0.29, 0.717) is 33.8 Å². The Hall–Kier alpha value is -3.92. The fourth-order valence-electron chi connectivity index (χ4n) is 3.39. The van der Waals surface area contributed by atoms with E-state index in [-0.39, 0.29) is 12.3 Å². The van der Waals surface area contributed by atoms with Crippen LogP contribution in [0.15, 0.2) is 47.0 Å². The van der Waals surface area contributed by atoms with Gasteiger partial charge in [0.1, 0.15) is 6.61 Å². The van der Waals surface area contributed by atoms with Crippen LogP contribution in [0.3, 0.4) is 0 Å². The van der Waals surface area contributed by atoms with Crippen molar-refractivity contribution < 1.29 is 23.6 Å². The summed E-state index contributed by atoms with van der Waals surface area (Å²) in [5, 5.41) is 4.42. The van der Waals surface area contributed by atoms with E-state index in [9.17, 15) is 9.59 Å². The smallest absolute Gasteiger partial charge is 0.283 e. The van der Waals surface area contributed by atoms with Crippen LogP contribution in [0.1, 0.15) is 20.9 Å². The number of carbonyl (C=O) groups excluding carboxylic acids is 2. The highest BCUT2D eigenvalue weighted by Crippen LogP contribution is 2.32. The number of fused-ring (bicyclic) bond motifs is 2. The highest BCUT2D eigenvalue weighted by Gasteiger charge is 2.28. The Morgan fingerprint density at radius 3 is 2.69 bits per heavy atom. The highest BCUT2D eigenvalue weighted by atomic mass is 32.1. The lowest BCUT2D eigenvalue weighted by molar-refractivity contribution is -0.131. The first kappa shape index (κ1) is 20.0. The van der Waals surface area contributed by atoms with Crippen LogP contribution in [0.5, 0.6) is 11.5 Å². The molecule has 1 aliphatic rings. The van der Waals surface area contributed by atoms with Crippen molar-refractivity contribution >= 4 is 34.3 Å². The number of benzene rings is 1. The quantitative estimate of drug-likeness (QED) is 0.461. The van der Waals surface area contributed by atoms with Crippen LogP contribution in [0.4, 0.5) is 0 Å². The number of aromatic nitrogens is 2. The summed E-state index contributed by atoms with van der Waals surface area (Å²) in [6.07, 6.45) is -0.898. The summed E-state index contributed by atoms with van der Waals surface area (Å²) in [7, 11) is 0. The number of nitrogens with one attached hydrogen (secondary N) is 2. The summed E-state index contributed by atoms with van der Waals surface area (Å²) in [4.78, 5) is 32.0. The molecule has 32 heavy (non-hydrogen) atoms. The van der Waals surface area contributed by atoms with Crippen molar-refractivity contribution in [1.29, 1.82) is 0 Å². The van der Waals surface area contributed by atoms with Gasteiger partial charge in [0, 0.05) is 4.88 Å². The maximum Gasteiger partial charge on any atom is 0.283 e. The molecule has 4 heterocycles.